The number of rotatable bonds is 6. The predicted octanol–water partition coefficient (Wildman–Crippen LogP) is 5.11. The summed E-state index contributed by atoms with van der Waals surface area (Å²) >= 11 is 5.95. The zero-order valence-corrected chi connectivity index (χ0v) is 17.5. The Bertz CT molecular complexity index is 1230. The molecule has 0 radical (unpaired) electrons. The molecule has 3 aromatic rings. The smallest absolute Gasteiger partial charge is 0.272 e. The van der Waals surface area contributed by atoms with Crippen LogP contribution >= 0.6 is 11.6 Å². The van der Waals surface area contributed by atoms with Gasteiger partial charge in [-0.1, -0.05) is 41.4 Å². The van der Waals surface area contributed by atoms with Crippen LogP contribution in [0.2, 0.25) is 5.02 Å². The van der Waals surface area contributed by atoms with E-state index in [1.54, 1.807) is 30.3 Å². The Morgan fingerprint density at radius 3 is 2.44 bits per heavy atom. The van der Waals surface area contributed by atoms with Gasteiger partial charge >= 0.3 is 0 Å². The third-order valence-corrected chi connectivity index (χ3v) is 4.68. The maximum Gasteiger partial charge on any atom is 0.272 e. The summed E-state index contributed by atoms with van der Waals surface area (Å²) < 4.78 is 13.3. The average molecular weight is 454 g/mol. The number of benzene rings is 3. The molecule has 0 fully saturated rings. The number of aryl methyl sites for hydroxylation is 1. The van der Waals surface area contributed by atoms with E-state index in [-0.39, 0.29) is 22.0 Å². The van der Waals surface area contributed by atoms with Crippen molar-refractivity contribution in [2.75, 3.05) is 5.32 Å². The minimum absolute atomic E-state index is 0.0406. The second kappa shape index (κ2) is 9.84. The van der Waals surface area contributed by atoms with E-state index in [0.717, 1.165) is 17.7 Å². The summed E-state index contributed by atoms with van der Waals surface area (Å²) in [4.78, 5) is 36.1. The molecule has 0 heterocycles. The SMILES string of the molecule is Cc1ccc(NC(=O)C(=Cc2cccc([N+](=O)[O-])c2)NC(=O)c2ccc(F)cc2Cl)cc1. The molecule has 0 saturated heterocycles. The summed E-state index contributed by atoms with van der Waals surface area (Å²) in [6, 6.07) is 15.8. The van der Waals surface area contributed by atoms with Gasteiger partial charge in [-0.3, -0.25) is 19.7 Å². The maximum absolute atomic E-state index is 13.3. The first-order valence-electron chi connectivity index (χ1n) is 9.33. The largest absolute Gasteiger partial charge is 0.321 e. The van der Waals surface area contributed by atoms with E-state index in [1.807, 2.05) is 6.92 Å². The highest BCUT2D eigenvalue weighted by Crippen LogP contribution is 2.19. The van der Waals surface area contributed by atoms with E-state index in [9.17, 15) is 24.1 Å². The first-order valence-corrected chi connectivity index (χ1v) is 9.71. The molecule has 0 aliphatic rings. The van der Waals surface area contributed by atoms with Crippen LogP contribution in [0.3, 0.4) is 0 Å². The summed E-state index contributed by atoms with van der Waals surface area (Å²) in [5.74, 6) is -2.02. The van der Waals surface area contributed by atoms with Crippen molar-refractivity contribution in [3.05, 3.63) is 110 Å². The molecule has 2 N–H and O–H groups in total. The summed E-state index contributed by atoms with van der Waals surface area (Å²) in [5.41, 5.74) is 1.40. The number of non-ortho nitro benzene ring substituents is 1. The second-order valence-corrected chi connectivity index (χ2v) is 7.22. The first kappa shape index (κ1) is 22.6. The molecule has 32 heavy (non-hydrogen) atoms. The number of anilines is 1. The number of hydrogen-bond donors (Lipinski definition) is 2. The topological polar surface area (TPSA) is 101 Å². The number of nitro groups is 1. The Morgan fingerprint density at radius 1 is 1.06 bits per heavy atom. The van der Waals surface area contributed by atoms with Crippen molar-refractivity contribution in [2.45, 2.75) is 6.92 Å². The fourth-order valence-electron chi connectivity index (χ4n) is 2.75. The van der Waals surface area contributed by atoms with Gasteiger partial charge in [-0.15, -0.1) is 0 Å². The standard InChI is InChI=1S/C23H17ClFN3O4/c1-14-5-8-17(9-6-14)26-23(30)21(12-15-3-2-4-18(11-15)28(31)32)27-22(29)19-10-7-16(25)13-20(19)24/h2-13H,1H3,(H,26,30)(H,27,29). The van der Waals surface area contributed by atoms with Gasteiger partial charge in [0.15, 0.2) is 0 Å². The van der Waals surface area contributed by atoms with Gasteiger partial charge in [0.05, 0.1) is 15.5 Å². The van der Waals surface area contributed by atoms with Crippen LogP contribution in [0, 0.1) is 22.9 Å². The van der Waals surface area contributed by atoms with Crippen LogP contribution in [-0.2, 0) is 4.79 Å². The molecule has 0 unspecified atom stereocenters. The lowest BCUT2D eigenvalue weighted by Crippen LogP contribution is -2.31. The zero-order chi connectivity index (χ0) is 23.3. The molecule has 0 aliphatic carbocycles. The molecular weight excluding hydrogens is 437 g/mol. The number of nitro benzene ring substituents is 1. The monoisotopic (exact) mass is 453 g/mol. The highest BCUT2D eigenvalue weighted by atomic mass is 35.5. The number of amides is 2. The van der Waals surface area contributed by atoms with Crippen LogP contribution in [0.4, 0.5) is 15.8 Å². The third kappa shape index (κ3) is 5.77. The van der Waals surface area contributed by atoms with Gasteiger partial charge in [0, 0.05) is 17.8 Å². The van der Waals surface area contributed by atoms with Gasteiger partial charge in [0.2, 0.25) is 0 Å². The maximum atomic E-state index is 13.3. The van der Waals surface area contributed by atoms with E-state index < -0.39 is 22.6 Å². The number of carbonyl (C=O) groups is 2. The van der Waals surface area contributed by atoms with E-state index in [0.29, 0.717) is 11.3 Å². The second-order valence-electron chi connectivity index (χ2n) is 6.81. The molecule has 0 aromatic heterocycles. The van der Waals surface area contributed by atoms with Crippen molar-refractivity contribution in [3.63, 3.8) is 0 Å². The molecule has 3 rings (SSSR count). The molecular formula is C23H17ClFN3O4. The minimum Gasteiger partial charge on any atom is -0.321 e. The summed E-state index contributed by atoms with van der Waals surface area (Å²) in [5, 5.41) is 16.0. The Labute approximate surface area is 187 Å². The van der Waals surface area contributed by atoms with Crippen molar-refractivity contribution in [2.24, 2.45) is 0 Å². The lowest BCUT2D eigenvalue weighted by Gasteiger charge is -2.12. The van der Waals surface area contributed by atoms with Gasteiger partial charge in [-0.25, -0.2) is 4.39 Å². The Hall–Kier alpha value is -4.04. The van der Waals surface area contributed by atoms with Gasteiger partial charge in [-0.2, -0.15) is 0 Å². The number of nitrogens with zero attached hydrogens (tertiary/aromatic N) is 1. The van der Waals surface area contributed by atoms with Crippen molar-refractivity contribution < 1.29 is 18.9 Å². The molecule has 0 saturated carbocycles. The van der Waals surface area contributed by atoms with Crippen LogP contribution in [0.1, 0.15) is 21.5 Å². The lowest BCUT2D eigenvalue weighted by molar-refractivity contribution is -0.384. The van der Waals surface area contributed by atoms with E-state index in [4.69, 9.17) is 11.6 Å². The Kier molecular flexibility index (Phi) is 6.97. The van der Waals surface area contributed by atoms with Crippen molar-refractivity contribution in [3.8, 4) is 0 Å². The summed E-state index contributed by atoms with van der Waals surface area (Å²) in [6.45, 7) is 1.89. The van der Waals surface area contributed by atoms with Crippen molar-refractivity contribution in [1.82, 2.24) is 5.32 Å². The third-order valence-electron chi connectivity index (χ3n) is 4.37. The molecule has 7 nitrogen and oxygen atoms in total. The van der Waals surface area contributed by atoms with E-state index >= 15 is 0 Å². The van der Waals surface area contributed by atoms with Gasteiger partial charge in [-0.05, 0) is 48.9 Å². The highest BCUT2D eigenvalue weighted by Gasteiger charge is 2.18. The first-order chi connectivity index (χ1) is 15.2. The number of carbonyl (C=O) groups excluding carboxylic acids is 2. The summed E-state index contributed by atoms with van der Waals surface area (Å²) in [7, 11) is 0. The molecule has 3 aromatic carbocycles. The van der Waals surface area contributed by atoms with Crippen LogP contribution < -0.4 is 10.6 Å². The predicted molar refractivity (Wildman–Crippen MR) is 120 cm³/mol. The minimum atomic E-state index is -0.745. The van der Waals surface area contributed by atoms with Crippen molar-refractivity contribution >= 4 is 40.9 Å². The van der Waals surface area contributed by atoms with Gasteiger partial charge in [0.25, 0.3) is 17.5 Å². The quantitative estimate of drug-likeness (QED) is 0.308. The highest BCUT2D eigenvalue weighted by molar-refractivity contribution is 6.34. The van der Waals surface area contributed by atoms with Gasteiger partial charge < -0.3 is 10.6 Å². The van der Waals surface area contributed by atoms with Crippen LogP contribution in [0.25, 0.3) is 6.08 Å². The number of nitrogens with one attached hydrogen (secondary N) is 2. The number of halogens is 2. The van der Waals surface area contributed by atoms with Crippen LogP contribution in [0.15, 0.2) is 72.4 Å². The Balaban J connectivity index is 1.95. The molecule has 0 bridgehead atoms. The molecule has 162 valence electrons. The van der Waals surface area contributed by atoms with Gasteiger partial charge in [0.1, 0.15) is 11.5 Å². The van der Waals surface area contributed by atoms with Crippen LogP contribution in [-0.4, -0.2) is 16.7 Å². The molecule has 0 aliphatic heterocycles. The number of hydrogen-bond acceptors (Lipinski definition) is 4. The zero-order valence-electron chi connectivity index (χ0n) is 16.8. The van der Waals surface area contributed by atoms with Crippen molar-refractivity contribution in [1.29, 1.82) is 0 Å². The molecule has 2 amide bonds. The Morgan fingerprint density at radius 2 is 1.78 bits per heavy atom. The average Bonchev–Trinajstić information content (AvgIpc) is 2.75. The molecule has 0 spiro atoms. The lowest BCUT2D eigenvalue weighted by atomic mass is 10.1. The molecule has 0 atom stereocenters. The normalized spacial score (nSPS) is 11.0. The van der Waals surface area contributed by atoms with E-state index in [2.05, 4.69) is 10.6 Å². The summed E-state index contributed by atoms with van der Waals surface area (Å²) in [6.07, 6.45) is 1.30. The molecule has 9 heteroatoms. The van der Waals surface area contributed by atoms with E-state index in [1.165, 1.54) is 30.3 Å². The fourth-order valence-corrected chi connectivity index (χ4v) is 3.00. The fraction of sp³-hybridized carbons (Fsp3) is 0.0435. The van der Waals surface area contributed by atoms with Crippen LogP contribution in [0.5, 0.6) is 0 Å².